The van der Waals surface area contributed by atoms with Crippen LogP contribution in [0.15, 0.2) is 48.5 Å². The molecule has 2 aromatic carbocycles. The second-order valence-corrected chi connectivity index (χ2v) is 4.95. The standard InChI is InChI=1S/C16H16N2O/c1-11-5-4-6-12(9-11)10-18-14-8-3-2-7-13(14)15(17)16(18)19/h2-9,15H,10,17H2,1H3. The molecule has 1 unspecified atom stereocenters. The quantitative estimate of drug-likeness (QED) is 0.892. The minimum Gasteiger partial charge on any atom is -0.316 e. The maximum Gasteiger partial charge on any atom is 0.248 e. The molecule has 0 radical (unpaired) electrons. The summed E-state index contributed by atoms with van der Waals surface area (Å²) in [6, 6.07) is 15.4. The smallest absolute Gasteiger partial charge is 0.248 e. The first-order valence-electron chi connectivity index (χ1n) is 6.38. The van der Waals surface area contributed by atoms with Gasteiger partial charge < -0.3 is 10.6 Å². The van der Waals surface area contributed by atoms with Crippen LogP contribution in [0.25, 0.3) is 0 Å². The van der Waals surface area contributed by atoms with Crippen LogP contribution in [0.1, 0.15) is 22.7 Å². The molecule has 19 heavy (non-hydrogen) atoms. The number of fused-ring (bicyclic) bond motifs is 1. The number of hydrogen-bond acceptors (Lipinski definition) is 2. The number of anilines is 1. The Morgan fingerprint density at radius 2 is 1.95 bits per heavy atom. The lowest BCUT2D eigenvalue weighted by Crippen LogP contribution is -2.31. The van der Waals surface area contributed by atoms with Crippen LogP contribution in [0, 0.1) is 6.92 Å². The van der Waals surface area contributed by atoms with Crippen molar-refractivity contribution >= 4 is 11.6 Å². The maximum absolute atomic E-state index is 12.3. The zero-order valence-corrected chi connectivity index (χ0v) is 10.8. The van der Waals surface area contributed by atoms with Gasteiger partial charge in [-0.15, -0.1) is 0 Å². The van der Waals surface area contributed by atoms with E-state index in [1.807, 2.05) is 36.4 Å². The number of carbonyl (C=O) groups is 1. The van der Waals surface area contributed by atoms with Crippen molar-refractivity contribution in [1.29, 1.82) is 0 Å². The van der Waals surface area contributed by atoms with Gasteiger partial charge >= 0.3 is 0 Å². The van der Waals surface area contributed by atoms with Gasteiger partial charge in [-0.3, -0.25) is 4.79 Å². The molecule has 1 aliphatic heterocycles. The van der Waals surface area contributed by atoms with Gasteiger partial charge in [-0.25, -0.2) is 0 Å². The average Bonchev–Trinajstić information content (AvgIpc) is 2.65. The summed E-state index contributed by atoms with van der Waals surface area (Å²) < 4.78 is 0. The monoisotopic (exact) mass is 252 g/mol. The molecule has 0 saturated carbocycles. The summed E-state index contributed by atoms with van der Waals surface area (Å²) in [5.41, 5.74) is 10.1. The molecule has 0 aliphatic carbocycles. The van der Waals surface area contributed by atoms with Crippen molar-refractivity contribution in [2.45, 2.75) is 19.5 Å². The lowest BCUT2D eigenvalue weighted by Gasteiger charge is -2.18. The molecule has 1 atom stereocenters. The zero-order valence-electron chi connectivity index (χ0n) is 10.8. The van der Waals surface area contributed by atoms with Crippen molar-refractivity contribution < 1.29 is 4.79 Å². The molecule has 3 heteroatoms. The second-order valence-electron chi connectivity index (χ2n) is 4.95. The third kappa shape index (κ3) is 2.02. The van der Waals surface area contributed by atoms with Crippen LogP contribution >= 0.6 is 0 Å². The molecule has 1 aliphatic rings. The van der Waals surface area contributed by atoms with E-state index in [0.29, 0.717) is 6.54 Å². The fraction of sp³-hybridized carbons (Fsp3) is 0.188. The van der Waals surface area contributed by atoms with Crippen LogP contribution in [-0.4, -0.2) is 5.91 Å². The number of rotatable bonds is 2. The van der Waals surface area contributed by atoms with Crippen molar-refractivity contribution in [1.82, 2.24) is 0 Å². The summed E-state index contributed by atoms with van der Waals surface area (Å²) in [5, 5.41) is 0. The highest BCUT2D eigenvalue weighted by molar-refractivity contribution is 6.04. The molecule has 0 spiro atoms. The number of aryl methyl sites for hydroxylation is 1. The predicted octanol–water partition coefficient (Wildman–Crippen LogP) is 2.54. The van der Waals surface area contributed by atoms with E-state index in [0.717, 1.165) is 16.8 Å². The van der Waals surface area contributed by atoms with Gasteiger partial charge in [0.15, 0.2) is 0 Å². The van der Waals surface area contributed by atoms with E-state index in [1.54, 1.807) is 4.90 Å². The molecule has 3 nitrogen and oxygen atoms in total. The van der Waals surface area contributed by atoms with Crippen molar-refractivity contribution in [2.75, 3.05) is 4.90 Å². The van der Waals surface area contributed by atoms with Crippen molar-refractivity contribution in [2.24, 2.45) is 5.73 Å². The SMILES string of the molecule is Cc1cccc(CN2C(=O)C(N)c3ccccc32)c1. The summed E-state index contributed by atoms with van der Waals surface area (Å²) in [4.78, 5) is 14.0. The summed E-state index contributed by atoms with van der Waals surface area (Å²) in [6.07, 6.45) is 0. The molecule has 0 bridgehead atoms. The van der Waals surface area contributed by atoms with Crippen molar-refractivity contribution in [3.8, 4) is 0 Å². The number of para-hydroxylation sites is 1. The van der Waals surface area contributed by atoms with Gasteiger partial charge in [0.05, 0.1) is 6.54 Å². The van der Waals surface area contributed by atoms with Crippen LogP contribution < -0.4 is 10.6 Å². The van der Waals surface area contributed by atoms with Crippen LogP contribution in [0.4, 0.5) is 5.69 Å². The Hall–Kier alpha value is -2.13. The lowest BCUT2D eigenvalue weighted by molar-refractivity contribution is -0.119. The molecule has 1 amide bonds. The first-order valence-corrected chi connectivity index (χ1v) is 6.38. The Bertz CT molecular complexity index is 636. The predicted molar refractivity (Wildman–Crippen MR) is 75.7 cm³/mol. The number of hydrogen-bond donors (Lipinski definition) is 1. The Morgan fingerprint density at radius 1 is 1.16 bits per heavy atom. The third-order valence-corrected chi connectivity index (χ3v) is 3.52. The van der Waals surface area contributed by atoms with E-state index in [-0.39, 0.29) is 5.91 Å². The van der Waals surface area contributed by atoms with Gasteiger partial charge in [0.1, 0.15) is 6.04 Å². The van der Waals surface area contributed by atoms with Gasteiger partial charge in [-0.05, 0) is 18.6 Å². The van der Waals surface area contributed by atoms with E-state index in [9.17, 15) is 4.79 Å². The van der Waals surface area contributed by atoms with Crippen LogP contribution in [0.2, 0.25) is 0 Å². The summed E-state index contributed by atoms with van der Waals surface area (Å²) in [7, 11) is 0. The number of carbonyl (C=O) groups excluding carboxylic acids is 1. The van der Waals surface area contributed by atoms with Gasteiger partial charge in [0.25, 0.3) is 0 Å². The molecule has 2 N–H and O–H groups in total. The molecule has 3 rings (SSSR count). The summed E-state index contributed by atoms with van der Waals surface area (Å²) >= 11 is 0. The highest BCUT2D eigenvalue weighted by Gasteiger charge is 2.34. The molecule has 0 fully saturated rings. The normalized spacial score (nSPS) is 17.7. The van der Waals surface area contributed by atoms with E-state index < -0.39 is 6.04 Å². The lowest BCUT2D eigenvalue weighted by atomic mass is 10.1. The Labute approximate surface area is 112 Å². The highest BCUT2D eigenvalue weighted by atomic mass is 16.2. The highest BCUT2D eigenvalue weighted by Crippen LogP contribution is 2.35. The zero-order chi connectivity index (χ0) is 13.4. The number of amides is 1. The molecule has 96 valence electrons. The summed E-state index contributed by atoms with van der Waals surface area (Å²) in [6.45, 7) is 2.63. The number of nitrogens with zero attached hydrogens (tertiary/aromatic N) is 1. The van der Waals surface area contributed by atoms with E-state index in [4.69, 9.17) is 5.73 Å². The van der Waals surface area contributed by atoms with Crippen molar-refractivity contribution in [3.05, 3.63) is 65.2 Å². The molecule has 0 aromatic heterocycles. The van der Waals surface area contributed by atoms with Gasteiger partial charge in [-0.2, -0.15) is 0 Å². The molecular formula is C16H16N2O. The van der Waals surface area contributed by atoms with Crippen LogP contribution in [0.5, 0.6) is 0 Å². The molecular weight excluding hydrogens is 236 g/mol. The fourth-order valence-electron chi connectivity index (χ4n) is 2.57. The topological polar surface area (TPSA) is 46.3 Å². The van der Waals surface area contributed by atoms with Gasteiger partial charge in [0.2, 0.25) is 5.91 Å². The third-order valence-electron chi connectivity index (χ3n) is 3.52. The summed E-state index contributed by atoms with van der Waals surface area (Å²) in [5.74, 6) is -0.0253. The van der Waals surface area contributed by atoms with E-state index >= 15 is 0 Å². The van der Waals surface area contributed by atoms with E-state index in [1.165, 1.54) is 5.56 Å². The largest absolute Gasteiger partial charge is 0.316 e. The Balaban J connectivity index is 1.95. The maximum atomic E-state index is 12.3. The fourth-order valence-corrected chi connectivity index (χ4v) is 2.57. The van der Waals surface area contributed by atoms with Gasteiger partial charge in [0, 0.05) is 11.3 Å². The minimum atomic E-state index is -0.527. The van der Waals surface area contributed by atoms with Crippen LogP contribution in [-0.2, 0) is 11.3 Å². The number of nitrogens with two attached hydrogens (primary N) is 1. The Kier molecular flexibility index (Phi) is 2.84. The van der Waals surface area contributed by atoms with Gasteiger partial charge in [-0.1, -0.05) is 48.0 Å². The Morgan fingerprint density at radius 3 is 2.74 bits per heavy atom. The van der Waals surface area contributed by atoms with E-state index in [2.05, 4.69) is 19.1 Å². The molecule has 2 aromatic rings. The molecule has 0 saturated heterocycles. The first-order chi connectivity index (χ1) is 9.16. The van der Waals surface area contributed by atoms with Crippen LogP contribution in [0.3, 0.4) is 0 Å². The molecule has 1 heterocycles. The average molecular weight is 252 g/mol. The number of benzene rings is 2. The van der Waals surface area contributed by atoms with Crippen molar-refractivity contribution in [3.63, 3.8) is 0 Å². The first kappa shape index (κ1) is 11.9. The minimum absolute atomic E-state index is 0.0253. The second kappa shape index (κ2) is 4.52.